The number of carboxylic acids is 1. The molecule has 3 aromatic rings. The Morgan fingerprint density at radius 2 is 2.05 bits per heavy atom. The second-order valence-electron chi connectivity index (χ2n) is 5.05. The molecule has 0 amide bonds. The molecule has 3 rings (SSSR count). The topological polar surface area (TPSA) is 62.3 Å². The van der Waals surface area contributed by atoms with Gasteiger partial charge in [-0.2, -0.15) is 0 Å². The third-order valence-corrected chi connectivity index (χ3v) is 3.54. The third kappa shape index (κ3) is 2.65. The Labute approximate surface area is 126 Å². The molecule has 0 saturated carbocycles. The molecule has 0 spiro atoms. The highest BCUT2D eigenvalue weighted by Gasteiger charge is 2.08. The molecule has 0 unspecified atom stereocenters. The number of carboxylic acid groups (broad SMARTS) is 1. The molecule has 1 heterocycles. The van der Waals surface area contributed by atoms with E-state index in [0.717, 1.165) is 22.2 Å². The highest BCUT2D eigenvalue weighted by Crippen LogP contribution is 2.22. The van der Waals surface area contributed by atoms with Crippen LogP contribution in [0.15, 0.2) is 42.5 Å². The van der Waals surface area contributed by atoms with Crippen LogP contribution in [0.5, 0.6) is 5.75 Å². The minimum Gasteiger partial charge on any atom is -0.494 e. The van der Waals surface area contributed by atoms with Crippen molar-refractivity contribution in [3.05, 3.63) is 65.1 Å². The molecule has 0 aliphatic heterocycles. The molecule has 4 nitrogen and oxygen atoms in total. The molecule has 0 aliphatic rings. The monoisotopic (exact) mass is 299 g/mol. The second-order valence-corrected chi connectivity index (χ2v) is 5.05. The maximum absolute atomic E-state index is 13.7. The molecule has 2 N–H and O–H groups in total. The average Bonchev–Trinajstić information content (AvgIpc) is 2.88. The Bertz CT molecular complexity index is 854. The van der Waals surface area contributed by atoms with Crippen LogP contribution in [0.2, 0.25) is 0 Å². The van der Waals surface area contributed by atoms with E-state index in [1.807, 2.05) is 6.07 Å². The van der Waals surface area contributed by atoms with Crippen LogP contribution < -0.4 is 4.74 Å². The number of halogens is 1. The molecular weight excluding hydrogens is 285 g/mol. The van der Waals surface area contributed by atoms with E-state index < -0.39 is 11.8 Å². The lowest BCUT2D eigenvalue weighted by Gasteiger charge is -2.04. The van der Waals surface area contributed by atoms with Gasteiger partial charge in [0.2, 0.25) is 0 Å². The van der Waals surface area contributed by atoms with Crippen LogP contribution >= 0.6 is 0 Å². The van der Waals surface area contributed by atoms with Gasteiger partial charge in [0.25, 0.3) is 0 Å². The molecule has 0 radical (unpaired) electrons. The van der Waals surface area contributed by atoms with Crippen molar-refractivity contribution in [1.29, 1.82) is 0 Å². The van der Waals surface area contributed by atoms with E-state index >= 15 is 0 Å². The van der Waals surface area contributed by atoms with Crippen molar-refractivity contribution >= 4 is 16.9 Å². The minimum absolute atomic E-state index is 0.214. The van der Waals surface area contributed by atoms with Crippen LogP contribution in [0.4, 0.5) is 4.39 Å². The fourth-order valence-corrected chi connectivity index (χ4v) is 2.46. The minimum atomic E-state index is -0.963. The van der Waals surface area contributed by atoms with Gasteiger partial charge in [-0.3, -0.25) is 0 Å². The van der Waals surface area contributed by atoms with Crippen molar-refractivity contribution < 1.29 is 19.0 Å². The molecular formula is C17H14FNO3. The molecule has 0 bridgehead atoms. The smallest absolute Gasteiger partial charge is 0.335 e. The summed E-state index contributed by atoms with van der Waals surface area (Å²) in [6.07, 6.45) is 0.526. The largest absolute Gasteiger partial charge is 0.494 e. The molecule has 0 fully saturated rings. The van der Waals surface area contributed by atoms with Crippen molar-refractivity contribution in [2.75, 3.05) is 7.11 Å². The molecule has 2 aromatic carbocycles. The van der Waals surface area contributed by atoms with Crippen molar-refractivity contribution in [1.82, 2.24) is 4.98 Å². The van der Waals surface area contributed by atoms with E-state index in [1.165, 1.54) is 13.2 Å². The maximum Gasteiger partial charge on any atom is 0.335 e. The first-order valence-corrected chi connectivity index (χ1v) is 6.74. The summed E-state index contributed by atoms with van der Waals surface area (Å²) in [6, 6.07) is 11.7. The number of aromatic carboxylic acids is 1. The number of ether oxygens (including phenoxy) is 1. The highest BCUT2D eigenvalue weighted by molar-refractivity contribution is 5.93. The summed E-state index contributed by atoms with van der Waals surface area (Å²) in [4.78, 5) is 14.1. The molecule has 1 aromatic heterocycles. The number of fused-ring (bicyclic) bond motifs is 1. The number of H-pyrrole nitrogens is 1. The Balaban J connectivity index is 1.90. The highest BCUT2D eigenvalue weighted by atomic mass is 19.1. The Morgan fingerprint density at radius 1 is 1.23 bits per heavy atom. The van der Waals surface area contributed by atoms with Crippen molar-refractivity contribution in [2.45, 2.75) is 6.42 Å². The van der Waals surface area contributed by atoms with Crippen molar-refractivity contribution in [2.24, 2.45) is 0 Å². The SMILES string of the molecule is COc1ccc(Cc2cc3ccc(C(=O)O)cc3[nH]2)cc1F. The number of hydrogen-bond donors (Lipinski definition) is 2. The van der Waals surface area contributed by atoms with E-state index in [0.29, 0.717) is 6.42 Å². The number of carbonyl (C=O) groups is 1. The number of hydrogen-bond acceptors (Lipinski definition) is 2. The summed E-state index contributed by atoms with van der Waals surface area (Å²) < 4.78 is 18.6. The maximum atomic E-state index is 13.7. The Hall–Kier alpha value is -2.82. The first kappa shape index (κ1) is 14.1. The Kier molecular flexibility index (Phi) is 3.55. The zero-order valence-electron chi connectivity index (χ0n) is 11.9. The van der Waals surface area contributed by atoms with Crippen molar-refractivity contribution in [3.8, 4) is 5.75 Å². The van der Waals surface area contributed by atoms with Crippen LogP contribution in [-0.4, -0.2) is 23.2 Å². The van der Waals surface area contributed by atoms with Gasteiger partial charge in [-0.05, 0) is 41.3 Å². The normalized spacial score (nSPS) is 10.8. The van der Waals surface area contributed by atoms with Crippen LogP contribution in [0, 0.1) is 5.82 Å². The fourth-order valence-electron chi connectivity index (χ4n) is 2.46. The molecule has 5 heteroatoms. The number of nitrogens with one attached hydrogen (secondary N) is 1. The van der Waals surface area contributed by atoms with Crippen LogP contribution in [0.1, 0.15) is 21.6 Å². The number of aromatic nitrogens is 1. The summed E-state index contributed by atoms with van der Waals surface area (Å²) in [6.45, 7) is 0. The summed E-state index contributed by atoms with van der Waals surface area (Å²) in [7, 11) is 1.43. The van der Waals surface area contributed by atoms with Gasteiger partial charge in [0.1, 0.15) is 0 Å². The zero-order valence-corrected chi connectivity index (χ0v) is 11.9. The molecule has 22 heavy (non-hydrogen) atoms. The number of methoxy groups -OCH3 is 1. The first-order valence-electron chi connectivity index (χ1n) is 6.74. The molecule has 0 saturated heterocycles. The van der Waals surface area contributed by atoms with Crippen molar-refractivity contribution in [3.63, 3.8) is 0 Å². The van der Waals surface area contributed by atoms with Crippen LogP contribution in [0.3, 0.4) is 0 Å². The van der Waals surface area contributed by atoms with E-state index in [9.17, 15) is 9.18 Å². The lowest BCUT2D eigenvalue weighted by molar-refractivity contribution is 0.0697. The van der Waals surface area contributed by atoms with E-state index in [1.54, 1.807) is 30.3 Å². The number of aromatic amines is 1. The van der Waals surface area contributed by atoms with Crippen LogP contribution in [0.25, 0.3) is 10.9 Å². The molecule has 0 atom stereocenters. The van der Waals surface area contributed by atoms with E-state index in [4.69, 9.17) is 9.84 Å². The first-order chi connectivity index (χ1) is 10.6. The number of benzene rings is 2. The van der Waals surface area contributed by atoms with Gasteiger partial charge < -0.3 is 14.8 Å². The summed E-state index contributed by atoms with van der Waals surface area (Å²) >= 11 is 0. The predicted octanol–water partition coefficient (Wildman–Crippen LogP) is 3.60. The van der Waals surface area contributed by atoms with Gasteiger partial charge in [-0.25, -0.2) is 9.18 Å². The van der Waals surface area contributed by atoms with Gasteiger partial charge in [-0.15, -0.1) is 0 Å². The number of rotatable bonds is 4. The lowest BCUT2D eigenvalue weighted by Crippen LogP contribution is -1.95. The quantitative estimate of drug-likeness (QED) is 0.773. The van der Waals surface area contributed by atoms with Gasteiger partial charge in [0.05, 0.1) is 12.7 Å². The van der Waals surface area contributed by atoms with Gasteiger partial charge >= 0.3 is 5.97 Å². The Morgan fingerprint density at radius 3 is 2.73 bits per heavy atom. The summed E-state index contributed by atoms with van der Waals surface area (Å²) in [5, 5.41) is 9.92. The summed E-state index contributed by atoms with van der Waals surface area (Å²) in [5.41, 5.74) is 2.69. The molecule has 0 aliphatic carbocycles. The standard InChI is InChI=1S/C17H14FNO3/c1-22-16-5-2-10(7-14(16)18)6-13-8-11-3-4-12(17(20)21)9-15(11)19-13/h2-5,7-9,19H,6H2,1H3,(H,20,21). The van der Waals surface area contributed by atoms with E-state index in [-0.39, 0.29) is 11.3 Å². The van der Waals surface area contributed by atoms with Crippen LogP contribution in [-0.2, 0) is 6.42 Å². The van der Waals surface area contributed by atoms with Gasteiger partial charge in [0.15, 0.2) is 11.6 Å². The molecule has 112 valence electrons. The second kappa shape index (κ2) is 5.52. The van der Waals surface area contributed by atoms with Gasteiger partial charge in [-0.1, -0.05) is 12.1 Å². The fraction of sp³-hybridized carbons (Fsp3) is 0.118. The average molecular weight is 299 g/mol. The lowest BCUT2D eigenvalue weighted by atomic mass is 10.1. The zero-order chi connectivity index (χ0) is 15.7. The van der Waals surface area contributed by atoms with Gasteiger partial charge in [0, 0.05) is 17.6 Å². The third-order valence-electron chi connectivity index (χ3n) is 3.54. The summed E-state index contributed by atoms with van der Waals surface area (Å²) in [5.74, 6) is -1.15. The van der Waals surface area contributed by atoms with E-state index in [2.05, 4.69) is 4.98 Å². The predicted molar refractivity (Wildman–Crippen MR) is 81.0 cm³/mol.